The predicted octanol–water partition coefficient (Wildman–Crippen LogP) is 3.03. The molecule has 0 bridgehead atoms. The summed E-state index contributed by atoms with van der Waals surface area (Å²) in [5, 5.41) is 3.58. The fraction of sp³-hybridized carbons (Fsp3) is 1.00. The predicted molar refractivity (Wildman–Crippen MR) is 76.8 cm³/mol. The van der Waals surface area contributed by atoms with Crippen LogP contribution < -0.4 is 5.32 Å². The fourth-order valence-electron chi connectivity index (χ4n) is 4.63. The van der Waals surface area contributed by atoms with Crippen molar-refractivity contribution in [2.75, 3.05) is 32.7 Å². The number of piperidine rings is 1. The monoisotopic (exact) mass is 250 g/mol. The van der Waals surface area contributed by atoms with E-state index in [0.29, 0.717) is 5.41 Å². The Morgan fingerprint density at radius 3 is 2.28 bits per heavy atom. The van der Waals surface area contributed by atoms with Gasteiger partial charge in [0.15, 0.2) is 0 Å². The summed E-state index contributed by atoms with van der Waals surface area (Å²) in [5.41, 5.74) is 1.38. The van der Waals surface area contributed by atoms with Crippen LogP contribution in [0.15, 0.2) is 0 Å². The summed E-state index contributed by atoms with van der Waals surface area (Å²) in [5.74, 6) is 0. The molecule has 2 saturated heterocycles. The summed E-state index contributed by atoms with van der Waals surface area (Å²) >= 11 is 0. The van der Waals surface area contributed by atoms with Crippen molar-refractivity contribution in [2.45, 2.75) is 58.3 Å². The summed E-state index contributed by atoms with van der Waals surface area (Å²) in [7, 11) is 0. The van der Waals surface area contributed by atoms with Gasteiger partial charge in [0.25, 0.3) is 0 Å². The maximum absolute atomic E-state index is 3.58. The zero-order chi connectivity index (χ0) is 12.5. The fourth-order valence-corrected chi connectivity index (χ4v) is 4.63. The van der Waals surface area contributed by atoms with Crippen molar-refractivity contribution >= 4 is 0 Å². The average molecular weight is 250 g/mol. The second kappa shape index (κ2) is 5.13. The smallest absolute Gasteiger partial charge is 0.00505 e. The Bertz CT molecular complexity index is 265. The quantitative estimate of drug-likeness (QED) is 0.828. The van der Waals surface area contributed by atoms with E-state index in [9.17, 15) is 0 Å². The molecule has 1 aliphatic carbocycles. The van der Waals surface area contributed by atoms with Gasteiger partial charge in [0, 0.05) is 13.1 Å². The molecule has 0 aromatic carbocycles. The van der Waals surface area contributed by atoms with Crippen LogP contribution in [-0.4, -0.2) is 37.6 Å². The Hall–Kier alpha value is -0.0800. The Kier molecular flexibility index (Phi) is 3.68. The first-order chi connectivity index (χ1) is 8.76. The van der Waals surface area contributed by atoms with Crippen molar-refractivity contribution in [3.63, 3.8) is 0 Å². The molecule has 1 unspecified atom stereocenters. The van der Waals surface area contributed by atoms with Crippen LogP contribution >= 0.6 is 0 Å². The molecule has 2 heteroatoms. The van der Waals surface area contributed by atoms with Gasteiger partial charge in [0.2, 0.25) is 0 Å². The van der Waals surface area contributed by atoms with E-state index in [0.717, 1.165) is 5.41 Å². The summed E-state index contributed by atoms with van der Waals surface area (Å²) in [6.07, 6.45) is 11.8. The van der Waals surface area contributed by atoms with Crippen LogP contribution in [0.1, 0.15) is 58.3 Å². The zero-order valence-corrected chi connectivity index (χ0v) is 12.1. The van der Waals surface area contributed by atoms with Gasteiger partial charge >= 0.3 is 0 Å². The summed E-state index contributed by atoms with van der Waals surface area (Å²) < 4.78 is 0. The van der Waals surface area contributed by atoms with Crippen LogP contribution in [0.25, 0.3) is 0 Å². The number of nitrogens with one attached hydrogen (secondary N) is 1. The molecule has 0 aromatic heterocycles. The molecule has 2 heterocycles. The minimum atomic E-state index is 0.597. The molecule has 0 amide bonds. The van der Waals surface area contributed by atoms with E-state index in [2.05, 4.69) is 17.1 Å². The van der Waals surface area contributed by atoms with Crippen molar-refractivity contribution in [1.82, 2.24) is 10.2 Å². The van der Waals surface area contributed by atoms with Crippen molar-refractivity contribution < 1.29 is 0 Å². The lowest BCUT2D eigenvalue weighted by Gasteiger charge is -2.42. The van der Waals surface area contributed by atoms with Crippen LogP contribution in [0, 0.1) is 10.8 Å². The minimum Gasteiger partial charge on any atom is -0.316 e. The maximum atomic E-state index is 3.58. The Labute approximate surface area is 113 Å². The van der Waals surface area contributed by atoms with Gasteiger partial charge in [-0.25, -0.2) is 0 Å². The number of rotatable bonds is 3. The average Bonchev–Trinajstić information content (AvgIpc) is 3.03. The van der Waals surface area contributed by atoms with Gasteiger partial charge in [-0.1, -0.05) is 19.8 Å². The van der Waals surface area contributed by atoms with Gasteiger partial charge in [-0.05, 0) is 69.0 Å². The number of likely N-dealkylation sites (tertiary alicyclic amines) is 1. The molecule has 0 aromatic rings. The highest BCUT2D eigenvalue weighted by Crippen LogP contribution is 2.46. The van der Waals surface area contributed by atoms with Crippen molar-refractivity contribution in [2.24, 2.45) is 10.8 Å². The molecular formula is C16H30N2. The highest BCUT2D eigenvalue weighted by Gasteiger charge is 2.39. The molecule has 1 saturated carbocycles. The van der Waals surface area contributed by atoms with E-state index in [1.807, 2.05) is 0 Å². The van der Waals surface area contributed by atoms with Crippen LogP contribution in [0.3, 0.4) is 0 Å². The zero-order valence-electron chi connectivity index (χ0n) is 12.1. The first-order valence-corrected chi connectivity index (χ1v) is 8.19. The summed E-state index contributed by atoms with van der Waals surface area (Å²) in [6.45, 7) is 8.99. The summed E-state index contributed by atoms with van der Waals surface area (Å²) in [4.78, 5) is 2.78. The van der Waals surface area contributed by atoms with Crippen LogP contribution in [0.5, 0.6) is 0 Å². The third-order valence-corrected chi connectivity index (χ3v) is 6.22. The Morgan fingerprint density at radius 2 is 1.72 bits per heavy atom. The molecule has 3 aliphatic rings. The van der Waals surface area contributed by atoms with E-state index in [1.54, 1.807) is 0 Å². The first kappa shape index (κ1) is 12.9. The van der Waals surface area contributed by atoms with Gasteiger partial charge < -0.3 is 10.2 Å². The van der Waals surface area contributed by atoms with E-state index >= 15 is 0 Å². The maximum Gasteiger partial charge on any atom is 0.00505 e. The molecule has 1 atom stereocenters. The summed E-state index contributed by atoms with van der Waals surface area (Å²) in [6, 6.07) is 0. The Balaban J connectivity index is 1.53. The molecule has 3 fully saturated rings. The number of hydrogen-bond donors (Lipinski definition) is 1. The number of hydrogen-bond acceptors (Lipinski definition) is 2. The third kappa shape index (κ3) is 2.46. The van der Waals surface area contributed by atoms with Crippen LogP contribution in [0.2, 0.25) is 0 Å². The molecule has 2 nitrogen and oxygen atoms in total. The van der Waals surface area contributed by atoms with Gasteiger partial charge in [-0.15, -0.1) is 0 Å². The van der Waals surface area contributed by atoms with Crippen molar-refractivity contribution in [3.05, 3.63) is 0 Å². The third-order valence-electron chi connectivity index (χ3n) is 6.22. The Morgan fingerprint density at radius 1 is 1.00 bits per heavy atom. The molecule has 1 N–H and O–H groups in total. The molecule has 1 spiro atoms. The first-order valence-electron chi connectivity index (χ1n) is 8.19. The van der Waals surface area contributed by atoms with Gasteiger partial charge in [0.1, 0.15) is 0 Å². The van der Waals surface area contributed by atoms with E-state index in [-0.39, 0.29) is 0 Å². The van der Waals surface area contributed by atoms with Gasteiger partial charge in [-0.3, -0.25) is 0 Å². The van der Waals surface area contributed by atoms with Gasteiger partial charge in [-0.2, -0.15) is 0 Å². The highest BCUT2D eigenvalue weighted by atomic mass is 15.1. The lowest BCUT2D eigenvalue weighted by molar-refractivity contribution is 0.0719. The molecule has 18 heavy (non-hydrogen) atoms. The molecule has 2 aliphatic heterocycles. The van der Waals surface area contributed by atoms with E-state index in [4.69, 9.17) is 0 Å². The lowest BCUT2D eigenvalue weighted by atomic mass is 9.76. The normalized spacial score (nSPS) is 36.5. The molecular weight excluding hydrogens is 220 g/mol. The second-order valence-electron chi connectivity index (χ2n) is 7.26. The standard InChI is InChI=1S/C16H30N2/c1-2-15(7-10-17-13-15)14-18-11-8-16(9-12-18)5-3-4-6-16/h17H,2-14H2,1H3. The van der Waals surface area contributed by atoms with Gasteiger partial charge in [0.05, 0.1) is 0 Å². The SMILES string of the molecule is CCC1(CN2CCC3(CCCC3)CC2)CCNC1. The van der Waals surface area contributed by atoms with Crippen molar-refractivity contribution in [3.8, 4) is 0 Å². The number of nitrogens with zero attached hydrogens (tertiary/aromatic N) is 1. The van der Waals surface area contributed by atoms with E-state index in [1.165, 1.54) is 84.1 Å². The molecule has 0 radical (unpaired) electrons. The van der Waals surface area contributed by atoms with E-state index < -0.39 is 0 Å². The molecule has 104 valence electrons. The minimum absolute atomic E-state index is 0.597. The highest BCUT2D eigenvalue weighted by molar-refractivity contribution is 4.94. The van der Waals surface area contributed by atoms with Crippen LogP contribution in [-0.2, 0) is 0 Å². The lowest BCUT2D eigenvalue weighted by Crippen LogP contribution is -2.45. The largest absolute Gasteiger partial charge is 0.316 e. The second-order valence-corrected chi connectivity index (χ2v) is 7.26. The molecule has 3 rings (SSSR count). The topological polar surface area (TPSA) is 15.3 Å². The van der Waals surface area contributed by atoms with Crippen LogP contribution in [0.4, 0.5) is 0 Å². The van der Waals surface area contributed by atoms with Crippen molar-refractivity contribution in [1.29, 1.82) is 0 Å².